The molecule has 1 N–H and O–H groups in total. The van der Waals surface area contributed by atoms with E-state index in [1.54, 1.807) is 6.07 Å². The largest absolute Gasteiger partial charge is 0.336 e. The Kier molecular flexibility index (Phi) is 5.00. The molecule has 6 nitrogen and oxygen atoms in total. The minimum atomic E-state index is -0.0170. The molecule has 6 heteroatoms. The zero-order valence-corrected chi connectivity index (χ0v) is 18.0. The molecule has 2 aliphatic heterocycles. The van der Waals surface area contributed by atoms with Crippen LogP contribution in [-0.4, -0.2) is 38.7 Å². The van der Waals surface area contributed by atoms with Crippen molar-refractivity contribution in [2.75, 3.05) is 13.1 Å². The van der Waals surface area contributed by atoms with Gasteiger partial charge in [-0.2, -0.15) is 5.10 Å². The van der Waals surface area contributed by atoms with Crippen LogP contribution in [0.15, 0.2) is 53.3 Å². The lowest BCUT2D eigenvalue weighted by atomic mass is 9.83. The van der Waals surface area contributed by atoms with Crippen LogP contribution < -0.4 is 5.56 Å². The number of nitrogens with one attached hydrogen (secondary N) is 1. The first-order valence-electron chi connectivity index (χ1n) is 11.1. The van der Waals surface area contributed by atoms with Crippen molar-refractivity contribution in [3.05, 3.63) is 75.8 Å². The molecule has 1 saturated heterocycles. The molecule has 0 saturated carbocycles. The predicted molar refractivity (Wildman–Crippen MR) is 120 cm³/mol. The molecule has 0 aliphatic carbocycles. The molecule has 0 radical (unpaired) electrons. The maximum Gasteiger partial charge on any atom is 0.271 e. The van der Waals surface area contributed by atoms with E-state index in [0.29, 0.717) is 37.2 Å². The topological polar surface area (TPSA) is 71.0 Å². The van der Waals surface area contributed by atoms with Crippen LogP contribution in [0.5, 0.6) is 0 Å². The number of hydrogen-bond donors (Lipinski definition) is 1. The molecule has 5 rings (SSSR count). The first kappa shape index (κ1) is 19.8. The highest BCUT2D eigenvalue weighted by molar-refractivity contribution is 5.93. The van der Waals surface area contributed by atoms with E-state index in [-0.39, 0.29) is 17.4 Å². The average molecular weight is 417 g/mol. The molecule has 2 aromatic heterocycles. The van der Waals surface area contributed by atoms with Gasteiger partial charge in [0, 0.05) is 42.9 Å². The number of rotatable bonds is 4. The quantitative estimate of drug-likeness (QED) is 0.705. The molecule has 0 spiro atoms. The van der Waals surface area contributed by atoms with Crippen molar-refractivity contribution < 1.29 is 4.79 Å². The van der Waals surface area contributed by atoms with Crippen molar-refractivity contribution in [2.24, 2.45) is 11.8 Å². The summed E-state index contributed by atoms with van der Waals surface area (Å²) in [6, 6.07) is 15.7. The normalized spacial score (nSPS) is 20.0. The van der Waals surface area contributed by atoms with Gasteiger partial charge in [-0.15, -0.1) is 0 Å². The van der Waals surface area contributed by atoms with Gasteiger partial charge < -0.3 is 9.47 Å². The molecule has 31 heavy (non-hydrogen) atoms. The molecular formula is C25H28N4O2. The van der Waals surface area contributed by atoms with E-state index < -0.39 is 0 Å². The number of amides is 1. The molecule has 1 amide bonds. The summed E-state index contributed by atoms with van der Waals surface area (Å²) in [5.41, 5.74) is 4.73. The average Bonchev–Trinajstić information content (AvgIpc) is 3.24. The lowest BCUT2D eigenvalue weighted by Crippen LogP contribution is -2.49. The number of aromatic amines is 1. The van der Waals surface area contributed by atoms with Gasteiger partial charge in [-0.3, -0.25) is 14.7 Å². The molecule has 160 valence electrons. The zero-order valence-electron chi connectivity index (χ0n) is 18.0. The van der Waals surface area contributed by atoms with Crippen LogP contribution in [0.3, 0.4) is 0 Å². The van der Waals surface area contributed by atoms with Gasteiger partial charge in [-0.25, -0.2) is 0 Å². The molecule has 4 heterocycles. The van der Waals surface area contributed by atoms with E-state index in [1.165, 1.54) is 5.56 Å². The minimum absolute atomic E-state index is 0.0170. The number of carbonyl (C=O) groups is 1. The van der Waals surface area contributed by atoms with Gasteiger partial charge in [-0.1, -0.05) is 44.2 Å². The number of carbonyl (C=O) groups excluding carboxylic acids is 1. The molecule has 0 unspecified atom stereocenters. The number of benzene rings is 1. The highest BCUT2D eigenvalue weighted by Crippen LogP contribution is 2.35. The Morgan fingerprint density at radius 1 is 1.13 bits per heavy atom. The van der Waals surface area contributed by atoms with Crippen LogP contribution in [0, 0.1) is 11.8 Å². The van der Waals surface area contributed by atoms with E-state index in [0.717, 1.165) is 29.8 Å². The van der Waals surface area contributed by atoms with E-state index in [2.05, 4.69) is 48.3 Å². The third kappa shape index (κ3) is 3.82. The molecule has 2 aliphatic rings. The lowest BCUT2D eigenvalue weighted by Gasteiger charge is -2.42. The van der Waals surface area contributed by atoms with E-state index >= 15 is 0 Å². The summed E-state index contributed by atoms with van der Waals surface area (Å²) >= 11 is 0. The second-order valence-electron chi connectivity index (χ2n) is 9.37. The van der Waals surface area contributed by atoms with Crippen LogP contribution in [0.4, 0.5) is 0 Å². The maximum absolute atomic E-state index is 13.2. The summed E-state index contributed by atoms with van der Waals surface area (Å²) in [4.78, 5) is 27.3. The van der Waals surface area contributed by atoms with Crippen LogP contribution in [0.1, 0.15) is 47.9 Å². The highest BCUT2D eigenvalue weighted by Gasteiger charge is 2.36. The van der Waals surface area contributed by atoms with E-state index in [4.69, 9.17) is 0 Å². The first-order chi connectivity index (χ1) is 15.0. The number of aromatic nitrogens is 3. The molecule has 2 atom stereocenters. The Morgan fingerprint density at radius 2 is 1.94 bits per heavy atom. The van der Waals surface area contributed by atoms with Gasteiger partial charge in [0.25, 0.3) is 11.5 Å². The molecular weight excluding hydrogens is 388 g/mol. The predicted octanol–water partition coefficient (Wildman–Crippen LogP) is 3.70. The van der Waals surface area contributed by atoms with Gasteiger partial charge >= 0.3 is 0 Å². The van der Waals surface area contributed by atoms with Crippen LogP contribution in [-0.2, 0) is 13.0 Å². The minimum Gasteiger partial charge on any atom is -0.336 e. The number of pyridine rings is 1. The van der Waals surface area contributed by atoms with Crippen LogP contribution >= 0.6 is 0 Å². The summed E-state index contributed by atoms with van der Waals surface area (Å²) in [5, 5.41) is 7.34. The fourth-order valence-corrected chi connectivity index (χ4v) is 5.09. The Hall–Kier alpha value is -3.15. The third-order valence-electron chi connectivity index (χ3n) is 6.47. The second-order valence-corrected chi connectivity index (χ2v) is 9.37. The highest BCUT2D eigenvalue weighted by atomic mass is 16.2. The number of fused-ring (bicyclic) bond motifs is 4. The molecule has 3 aromatic rings. The summed E-state index contributed by atoms with van der Waals surface area (Å²) in [6.07, 6.45) is 2.08. The Balaban J connectivity index is 1.33. The summed E-state index contributed by atoms with van der Waals surface area (Å²) in [6.45, 7) is 6.42. The zero-order chi connectivity index (χ0) is 21.5. The summed E-state index contributed by atoms with van der Waals surface area (Å²) < 4.78 is 1.89. The Bertz CT molecular complexity index is 1160. The number of hydrogen-bond acceptors (Lipinski definition) is 3. The van der Waals surface area contributed by atoms with Crippen molar-refractivity contribution in [2.45, 2.75) is 39.2 Å². The number of H-pyrrole nitrogens is 1. The van der Waals surface area contributed by atoms with Gasteiger partial charge in [0.2, 0.25) is 0 Å². The van der Waals surface area contributed by atoms with Gasteiger partial charge in [-0.05, 0) is 42.4 Å². The monoisotopic (exact) mass is 416 g/mol. The second kappa shape index (κ2) is 7.84. The Morgan fingerprint density at radius 3 is 2.71 bits per heavy atom. The molecule has 2 bridgehead atoms. The number of piperidine rings is 1. The van der Waals surface area contributed by atoms with Gasteiger partial charge in [0.15, 0.2) is 0 Å². The van der Waals surface area contributed by atoms with E-state index in [1.807, 2.05) is 27.7 Å². The number of nitrogens with zero attached hydrogens (tertiary/aromatic N) is 3. The number of likely N-dealkylation sites (tertiary alicyclic amines) is 1. The first-order valence-corrected chi connectivity index (χ1v) is 11.1. The van der Waals surface area contributed by atoms with Crippen molar-refractivity contribution >= 4 is 5.91 Å². The SMILES string of the molecule is CC(C)Cc1ccc(-c2cc(C(=O)N3C[C@@H]4C[C@H](C3)c3cccc(=O)n3C4)[nH]n2)cc1. The lowest BCUT2D eigenvalue weighted by molar-refractivity contribution is 0.0588. The third-order valence-corrected chi connectivity index (χ3v) is 6.47. The maximum atomic E-state index is 13.2. The van der Waals surface area contributed by atoms with Gasteiger partial charge in [0.1, 0.15) is 5.69 Å². The van der Waals surface area contributed by atoms with Crippen molar-refractivity contribution in [1.29, 1.82) is 0 Å². The Labute approximate surface area is 181 Å². The van der Waals surface area contributed by atoms with Gasteiger partial charge in [0.05, 0.1) is 5.69 Å². The van der Waals surface area contributed by atoms with E-state index in [9.17, 15) is 9.59 Å². The molecule has 1 aromatic carbocycles. The summed E-state index contributed by atoms with van der Waals surface area (Å²) in [5.74, 6) is 1.12. The van der Waals surface area contributed by atoms with Crippen molar-refractivity contribution in [1.82, 2.24) is 19.7 Å². The van der Waals surface area contributed by atoms with Crippen LogP contribution in [0.25, 0.3) is 11.3 Å². The van der Waals surface area contributed by atoms with Crippen molar-refractivity contribution in [3.63, 3.8) is 0 Å². The van der Waals surface area contributed by atoms with Crippen molar-refractivity contribution in [3.8, 4) is 11.3 Å². The van der Waals surface area contributed by atoms with Crippen LogP contribution in [0.2, 0.25) is 0 Å². The fraction of sp³-hybridized carbons (Fsp3) is 0.400. The fourth-order valence-electron chi connectivity index (χ4n) is 5.09. The standard InChI is InChI=1S/C25H28N4O2/c1-16(2)10-17-6-8-19(9-7-17)21-12-22(27-26-21)25(31)28-13-18-11-20(15-28)23-4-3-5-24(30)29(23)14-18/h3-9,12,16,18,20H,10-11,13-15H2,1-2H3,(H,26,27)/t18-,20+/m0/s1. The summed E-state index contributed by atoms with van der Waals surface area (Å²) in [7, 11) is 0. The smallest absolute Gasteiger partial charge is 0.271 e. The molecule has 1 fully saturated rings.